The minimum Gasteiger partial charge on any atom is -0.497 e. The lowest BCUT2D eigenvalue weighted by Crippen LogP contribution is -3.11. The first-order chi connectivity index (χ1) is 10.7. The number of piperidine rings is 1. The Morgan fingerprint density at radius 3 is 2.68 bits per heavy atom. The lowest BCUT2D eigenvalue weighted by Gasteiger charge is -2.26. The second-order valence-corrected chi connectivity index (χ2v) is 6.96. The van der Waals surface area contributed by atoms with Crippen LogP contribution in [0.1, 0.15) is 25.5 Å². The molecule has 1 aliphatic heterocycles. The molecule has 4 nitrogen and oxygen atoms in total. The highest BCUT2D eigenvalue weighted by molar-refractivity contribution is 7.13. The Labute approximate surface area is 136 Å². The normalized spacial score (nSPS) is 21.5. The average Bonchev–Trinajstić information content (AvgIpc) is 2.97. The van der Waals surface area contributed by atoms with Crippen LogP contribution in [0.25, 0.3) is 0 Å². The van der Waals surface area contributed by atoms with Crippen LogP contribution < -0.4 is 15.0 Å². The Morgan fingerprint density at radius 1 is 1.27 bits per heavy atom. The van der Waals surface area contributed by atoms with E-state index in [0.717, 1.165) is 29.0 Å². The molecule has 1 aliphatic rings. The number of aromatic nitrogens is 1. The number of quaternary nitrogens is 1. The van der Waals surface area contributed by atoms with E-state index in [4.69, 9.17) is 9.72 Å². The van der Waals surface area contributed by atoms with Gasteiger partial charge in [0, 0.05) is 11.1 Å². The molecule has 2 N–H and O–H groups in total. The summed E-state index contributed by atoms with van der Waals surface area (Å²) >= 11 is 1.68. The summed E-state index contributed by atoms with van der Waals surface area (Å²) < 4.78 is 5.17. The van der Waals surface area contributed by atoms with E-state index >= 15 is 0 Å². The quantitative estimate of drug-likeness (QED) is 0.890. The summed E-state index contributed by atoms with van der Waals surface area (Å²) in [7, 11) is 1.68. The number of anilines is 2. The van der Waals surface area contributed by atoms with Gasteiger partial charge in [-0.1, -0.05) is 6.92 Å². The van der Waals surface area contributed by atoms with E-state index in [2.05, 4.69) is 17.6 Å². The summed E-state index contributed by atoms with van der Waals surface area (Å²) in [6.45, 7) is 5.96. The molecule has 3 rings (SSSR count). The van der Waals surface area contributed by atoms with Crippen molar-refractivity contribution < 1.29 is 9.64 Å². The van der Waals surface area contributed by atoms with Gasteiger partial charge in [0.25, 0.3) is 0 Å². The number of rotatable bonds is 5. The van der Waals surface area contributed by atoms with Crippen molar-refractivity contribution in [1.82, 2.24) is 4.98 Å². The molecule has 22 heavy (non-hydrogen) atoms. The fraction of sp³-hybridized carbons (Fsp3) is 0.471. The van der Waals surface area contributed by atoms with Crippen LogP contribution in [0.2, 0.25) is 0 Å². The van der Waals surface area contributed by atoms with E-state index in [0.29, 0.717) is 0 Å². The molecule has 0 saturated carbocycles. The molecule has 1 aromatic carbocycles. The number of nitrogens with one attached hydrogen (secondary N) is 2. The molecule has 1 aromatic heterocycles. The lowest BCUT2D eigenvalue weighted by atomic mass is 9.99. The number of hydrogen-bond donors (Lipinski definition) is 2. The Bertz CT molecular complexity index is 588. The van der Waals surface area contributed by atoms with Gasteiger partial charge in [0.15, 0.2) is 5.13 Å². The van der Waals surface area contributed by atoms with E-state index < -0.39 is 0 Å². The largest absolute Gasteiger partial charge is 0.497 e. The van der Waals surface area contributed by atoms with Gasteiger partial charge in [-0.05, 0) is 43.0 Å². The van der Waals surface area contributed by atoms with E-state index in [1.165, 1.54) is 31.6 Å². The molecule has 0 radical (unpaired) electrons. The Morgan fingerprint density at radius 2 is 2.00 bits per heavy atom. The molecular formula is C17H24N3OS+. The number of likely N-dealkylation sites (tertiary alicyclic amines) is 1. The molecule has 0 unspecified atom stereocenters. The Balaban J connectivity index is 1.56. The van der Waals surface area contributed by atoms with Crippen molar-refractivity contribution in [3.05, 3.63) is 35.3 Å². The van der Waals surface area contributed by atoms with Gasteiger partial charge in [0.1, 0.15) is 18.0 Å². The second-order valence-electron chi connectivity index (χ2n) is 6.11. The summed E-state index contributed by atoms with van der Waals surface area (Å²) in [6, 6.07) is 7.93. The third kappa shape index (κ3) is 3.99. The SMILES string of the molecule is COc1ccc(Nc2nc(C[NH+]3CCC(C)CC3)cs2)cc1. The van der Waals surface area contributed by atoms with Gasteiger partial charge < -0.3 is 15.0 Å². The van der Waals surface area contributed by atoms with Crippen LogP contribution in [0.4, 0.5) is 10.8 Å². The van der Waals surface area contributed by atoms with Crippen molar-refractivity contribution in [3.8, 4) is 5.75 Å². The van der Waals surface area contributed by atoms with Gasteiger partial charge in [-0.2, -0.15) is 0 Å². The zero-order valence-electron chi connectivity index (χ0n) is 13.3. The number of methoxy groups -OCH3 is 1. The first kappa shape index (κ1) is 15.3. The predicted molar refractivity (Wildman–Crippen MR) is 91.2 cm³/mol. The van der Waals surface area contributed by atoms with E-state index in [1.807, 2.05) is 24.3 Å². The molecule has 0 atom stereocenters. The monoisotopic (exact) mass is 318 g/mol. The topological polar surface area (TPSA) is 38.6 Å². The zero-order valence-corrected chi connectivity index (χ0v) is 14.1. The third-order valence-electron chi connectivity index (χ3n) is 4.31. The maximum absolute atomic E-state index is 5.17. The fourth-order valence-corrected chi connectivity index (χ4v) is 3.58. The molecule has 0 bridgehead atoms. The molecule has 1 saturated heterocycles. The predicted octanol–water partition coefficient (Wildman–Crippen LogP) is 2.71. The van der Waals surface area contributed by atoms with Crippen molar-refractivity contribution in [1.29, 1.82) is 0 Å². The van der Waals surface area contributed by atoms with Crippen LogP contribution in [0.3, 0.4) is 0 Å². The van der Waals surface area contributed by atoms with Gasteiger partial charge in [-0.3, -0.25) is 0 Å². The molecule has 5 heteroatoms. The average molecular weight is 318 g/mol. The summed E-state index contributed by atoms with van der Waals surface area (Å²) in [5, 5.41) is 6.50. The summed E-state index contributed by atoms with van der Waals surface area (Å²) in [5.74, 6) is 1.76. The molecule has 118 valence electrons. The van der Waals surface area contributed by atoms with Gasteiger partial charge >= 0.3 is 0 Å². The van der Waals surface area contributed by atoms with Crippen molar-refractivity contribution in [2.45, 2.75) is 26.3 Å². The molecule has 1 fully saturated rings. The van der Waals surface area contributed by atoms with Crippen LogP contribution in [0.15, 0.2) is 29.6 Å². The van der Waals surface area contributed by atoms with Crippen molar-refractivity contribution >= 4 is 22.2 Å². The molecule has 0 spiro atoms. The fourth-order valence-electron chi connectivity index (χ4n) is 2.85. The maximum atomic E-state index is 5.17. The van der Waals surface area contributed by atoms with Crippen LogP contribution in [-0.4, -0.2) is 25.2 Å². The van der Waals surface area contributed by atoms with Crippen LogP contribution >= 0.6 is 11.3 Å². The van der Waals surface area contributed by atoms with Crippen LogP contribution in [-0.2, 0) is 6.54 Å². The van der Waals surface area contributed by atoms with Gasteiger partial charge in [0.2, 0.25) is 0 Å². The molecule has 0 aliphatic carbocycles. The van der Waals surface area contributed by atoms with Crippen LogP contribution in [0, 0.1) is 5.92 Å². The molecule has 0 amide bonds. The Kier molecular flexibility index (Phi) is 4.95. The van der Waals surface area contributed by atoms with Gasteiger partial charge in [-0.15, -0.1) is 11.3 Å². The van der Waals surface area contributed by atoms with Gasteiger partial charge in [-0.25, -0.2) is 4.98 Å². The highest BCUT2D eigenvalue weighted by Gasteiger charge is 2.19. The summed E-state index contributed by atoms with van der Waals surface area (Å²) in [4.78, 5) is 6.38. The highest BCUT2D eigenvalue weighted by atomic mass is 32.1. The van der Waals surface area contributed by atoms with E-state index in [-0.39, 0.29) is 0 Å². The molecule has 2 heterocycles. The van der Waals surface area contributed by atoms with Crippen molar-refractivity contribution in [2.75, 3.05) is 25.5 Å². The van der Waals surface area contributed by atoms with E-state index in [9.17, 15) is 0 Å². The first-order valence-electron chi connectivity index (χ1n) is 7.92. The second kappa shape index (κ2) is 7.11. The summed E-state index contributed by atoms with van der Waals surface area (Å²) in [6.07, 6.45) is 2.69. The molecule has 2 aromatic rings. The minimum atomic E-state index is 0.869. The number of nitrogens with zero attached hydrogens (tertiary/aromatic N) is 1. The van der Waals surface area contributed by atoms with Crippen LogP contribution in [0.5, 0.6) is 5.75 Å². The lowest BCUT2D eigenvalue weighted by molar-refractivity contribution is -0.920. The van der Waals surface area contributed by atoms with Crippen molar-refractivity contribution in [3.63, 3.8) is 0 Å². The number of thiazole rings is 1. The highest BCUT2D eigenvalue weighted by Crippen LogP contribution is 2.22. The zero-order chi connectivity index (χ0) is 15.4. The number of ether oxygens (including phenoxy) is 1. The van der Waals surface area contributed by atoms with E-state index in [1.54, 1.807) is 23.3 Å². The van der Waals surface area contributed by atoms with Gasteiger partial charge in [0.05, 0.1) is 20.2 Å². The number of hydrogen-bond acceptors (Lipinski definition) is 4. The smallest absolute Gasteiger partial charge is 0.187 e. The van der Waals surface area contributed by atoms with Crippen molar-refractivity contribution in [2.24, 2.45) is 5.92 Å². The number of benzene rings is 1. The minimum absolute atomic E-state index is 0.869. The maximum Gasteiger partial charge on any atom is 0.187 e. The Hall–Kier alpha value is -1.59. The first-order valence-corrected chi connectivity index (χ1v) is 8.80. The third-order valence-corrected chi connectivity index (χ3v) is 5.11. The summed E-state index contributed by atoms with van der Waals surface area (Å²) in [5.41, 5.74) is 2.24. The standard InChI is InChI=1S/C17H23N3OS/c1-13-7-9-20(10-8-13)11-15-12-22-17(19-15)18-14-3-5-16(21-2)6-4-14/h3-6,12-13H,7-11H2,1-2H3,(H,18,19)/p+1. The molecular weight excluding hydrogens is 294 g/mol.